The Hall–Kier alpha value is -1.04. The van der Waals surface area contributed by atoms with E-state index in [1.165, 1.54) is 19.0 Å². The van der Waals surface area contributed by atoms with Crippen LogP contribution in [-0.4, -0.2) is 49.8 Å². The van der Waals surface area contributed by atoms with E-state index in [0.717, 1.165) is 44.9 Å². The van der Waals surface area contributed by atoms with Gasteiger partial charge < -0.3 is 10.1 Å². The van der Waals surface area contributed by atoms with Gasteiger partial charge in [-0.25, -0.2) is 4.39 Å². The van der Waals surface area contributed by atoms with E-state index >= 15 is 0 Å². The first kappa shape index (κ1) is 15.4. The molecule has 1 N–H and O–H groups in total. The summed E-state index contributed by atoms with van der Waals surface area (Å²) in [6, 6.07) is 1.58. The molecule has 1 aliphatic heterocycles. The molecule has 0 amide bonds. The van der Waals surface area contributed by atoms with Crippen LogP contribution in [0.25, 0.3) is 0 Å². The fourth-order valence-corrected chi connectivity index (χ4v) is 2.74. The maximum absolute atomic E-state index is 13.1. The summed E-state index contributed by atoms with van der Waals surface area (Å²) in [4.78, 5) is 6.30. The number of nitrogens with zero attached hydrogens (tertiary/aromatic N) is 2. The molecule has 1 aromatic rings. The van der Waals surface area contributed by atoms with Crippen molar-refractivity contribution < 1.29 is 9.13 Å². The van der Waals surface area contributed by atoms with E-state index in [0.29, 0.717) is 5.92 Å². The molecule has 2 rings (SSSR count). The molecule has 1 saturated heterocycles. The summed E-state index contributed by atoms with van der Waals surface area (Å²) in [7, 11) is 1.72. The van der Waals surface area contributed by atoms with Crippen LogP contribution in [-0.2, 0) is 11.3 Å². The maximum atomic E-state index is 13.1. The first-order valence-electron chi connectivity index (χ1n) is 7.29. The number of pyridine rings is 1. The van der Waals surface area contributed by atoms with E-state index in [1.807, 2.05) is 0 Å². The fourth-order valence-electron chi connectivity index (χ4n) is 2.74. The monoisotopic (exact) mass is 281 g/mol. The van der Waals surface area contributed by atoms with Crippen molar-refractivity contribution in [1.82, 2.24) is 15.2 Å². The summed E-state index contributed by atoms with van der Waals surface area (Å²) >= 11 is 0. The minimum absolute atomic E-state index is 0.253. The molecule has 2 heterocycles. The van der Waals surface area contributed by atoms with Crippen LogP contribution in [0.15, 0.2) is 18.5 Å². The Balaban J connectivity index is 1.75. The van der Waals surface area contributed by atoms with Crippen molar-refractivity contribution in [3.05, 3.63) is 29.8 Å². The van der Waals surface area contributed by atoms with Gasteiger partial charge in [-0.05, 0) is 43.5 Å². The highest BCUT2D eigenvalue weighted by Gasteiger charge is 2.19. The number of aromatic nitrogens is 1. The van der Waals surface area contributed by atoms with Gasteiger partial charge in [0.2, 0.25) is 0 Å². The highest BCUT2D eigenvalue weighted by atomic mass is 19.1. The first-order valence-corrected chi connectivity index (χ1v) is 7.29. The number of halogens is 1. The largest absolute Gasteiger partial charge is 0.383 e. The summed E-state index contributed by atoms with van der Waals surface area (Å²) < 4.78 is 18.2. The minimum atomic E-state index is -0.253. The van der Waals surface area contributed by atoms with E-state index in [2.05, 4.69) is 15.2 Å². The Morgan fingerprint density at radius 2 is 2.40 bits per heavy atom. The molecule has 0 bridgehead atoms. The Labute approximate surface area is 120 Å². The lowest BCUT2D eigenvalue weighted by atomic mass is 9.97. The number of likely N-dealkylation sites (tertiary alicyclic amines) is 1. The number of methoxy groups -OCH3 is 1. The first-order chi connectivity index (χ1) is 9.78. The molecule has 1 atom stereocenters. The fraction of sp³-hybridized carbons (Fsp3) is 0.667. The van der Waals surface area contributed by atoms with Crippen LogP contribution in [0.4, 0.5) is 4.39 Å². The summed E-state index contributed by atoms with van der Waals surface area (Å²) in [6.07, 6.45) is 5.48. The zero-order valence-corrected chi connectivity index (χ0v) is 12.1. The third kappa shape index (κ3) is 5.15. The zero-order valence-electron chi connectivity index (χ0n) is 12.1. The van der Waals surface area contributed by atoms with Crippen LogP contribution in [0.1, 0.15) is 18.4 Å². The van der Waals surface area contributed by atoms with Crippen molar-refractivity contribution in [2.45, 2.75) is 19.4 Å². The molecular formula is C15H24FN3O. The molecule has 5 heteroatoms. The van der Waals surface area contributed by atoms with Crippen molar-refractivity contribution in [2.75, 3.05) is 39.9 Å². The molecule has 0 radical (unpaired) electrons. The number of nitrogens with one attached hydrogen (secondary N) is 1. The second kappa shape index (κ2) is 8.29. The standard InChI is InChI=1S/C15H24FN3O/c1-20-6-4-17-8-13-3-2-5-19(11-13)12-14-7-15(16)10-18-9-14/h7,9-10,13,17H,2-6,8,11-12H2,1H3. The molecule has 1 fully saturated rings. The summed E-state index contributed by atoms with van der Waals surface area (Å²) in [5.74, 6) is 0.416. The molecule has 1 unspecified atom stereocenters. The molecular weight excluding hydrogens is 257 g/mol. The van der Waals surface area contributed by atoms with Gasteiger partial charge >= 0.3 is 0 Å². The summed E-state index contributed by atoms with van der Waals surface area (Å²) in [5.41, 5.74) is 0.956. The topological polar surface area (TPSA) is 37.4 Å². The number of hydrogen-bond acceptors (Lipinski definition) is 4. The van der Waals surface area contributed by atoms with Crippen molar-refractivity contribution in [3.8, 4) is 0 Å². The predicted molar refractivity (Wildman–Crippen MR) is 76.9 cm³/mol. The SMILES string of the molecule is COCCNCC1CCCN(Cc2cncc(F)c2)C1. The maximum Gasteiger partial charge on any atom is 0.141 e. The molecule has 20 heavy (non-hydrogen) atoms. The molecule has 0 saturated carbocycles. The third-order valence-corrected chi connectivity index (χ3v) is 3.69. The molecule has 0 aliphatic carbocycles. The molecule has 1 aliphatic rings. The summed E-state index contributed by atoms with van der Waals surface area (Å²) in [6.45, 7) is 5.63. The highest BCUT2D eigenvalue weighted by molar-refractivity contribution is 5.10. The molecule has 0 spiro atoms. The van der Waals surface area contributed by atoms with E-state index < -0.39 is 0 Å². The molecule has 1 aromatic heterocycles. The second-order valence-corrected chi connectivity index (χ2v) is 5.45. The van der Waals surface area contributed by atoms with Gasteiger partial charge in [0.25, 0.3) is 0 Å². The van der Waals surface area contributed by atoms with Gasteiger partial charge in [0.05, 0.1) is 12.8 Å². The van der Waals surface area contributed by atoms with Crippen LogP contribution in [0.2, 0.25) is 0 Å². The Kier molecular flexibility index (Phi) is 6.36. The Morgan fingerprint density at radius 3 is 3.20 bits per heavy atom. The number of hydrogen-bond donors (Lipinski definition) is 1. The average Bonchev–Trinajstić information content (AvgIpc) is 2.44. The normalized spacial score (nSPS) is 20.2. The molecule has 0 aromatic carbocycles. The summed E-state index contributed by atoms with van der Waals surface area (Å²) in [5, 5.41) is 3.43. The van der Waals surface area contributed by atoms with Crippen LogP contribution in [0.5, 0.6) is 0 Å². The van der Waals surface area contributed by atoms with Crippen molar-refractivity contribution >= 4 is 0 Å². The third-order valence-electron chi connectivity index (χ3n) is 3.69. The zero-order chi connectivity index (χ0) is 14.2. The number of piperidine rings is 1. The van der Waals surface area contributed by atoms with Gasteiger partial charge in [-0.3, -0.25) is 9.88 Å². The van der Waals surface area contributed by atoms with E-state index in [4.69, 9.17) is 4.74 Å². The Morgan fingerprint density at radius 1 is 1.50 bits per heavy atom. The van der Waals surface area contributed by atoms with E-state index in [9.17, 15) is 4.39 Å². The van der Waals surface area contributed by atoms with Crippen LogP contribution >= 0.6 is 0 Å². The molecule has 4 nitrogen and oxygen atoms in total. The van der Waals surface area contributed by atoms with Crippen molar-refractivity contribution in [1.29, 1.82) is 0 Å². The number of ether oxygens (including phenoxy) is 1. The lowest BCUT2D eigenvalue weighted by molar-refractivity contribution is 0.159. The van der Waals surface area contributed by atoms with Crippen LogP contribution in [0.3, 0.4) is 0 Å². The highest BCUT2D eigenvalue weighted by Crippen LogP contribution is 2.18. The van der Waals surface area contributed by atoms with Gasteiger partial charge in [-0.2, -0.15) is 0 Å². The second-order valence-electron chi connectivity index (χ2n) is 5.45. The van der Waals surface area contributed by atoms with Crippen LogP contribution < -0.4 is 5.32 Å². The lowest BCUT2D eigenvalue weighted by Gasteiger charge is -2.32. The smallest absolute Gasteiger partial charge is 0.141 e. The lowest BCUT2D eigenvalue weighted by Crippen LogP contribution is -2.39. The average molecular weight is 281 g/mol. The van der Waals surface area contributed by atoms with E-state index in [-0.39, 0.29) is 5.82 Å². The van der Waals surface area contributed by atoms with Gasteiger partial charge in [0, 0.05) is 32.9 Å². The van der Waals surface area contributed by atoms with Crippen molar-refractivity contribution in [3.63, 3.8) is 0 Å². The Bertz CT molecular complexity index is 402. The number of rotatable bonds is 7. The van der Waals surface area contributed by atoms with Gasteiger partial charge in [0.1, 0.15) is 5.82 Å². The van der Waals surface area contributed by atoms with Gasteiger partial charge in [0.15, 0.2) is 0 Å². The predicted octanol–water partition coefficient (Wildman–Crippen LogP) is 1.67. The van der Waals surface area contributed by atoms with Crippen LogP contribution in [0, 0.1) is 11.7 Å². The minimum Gasteiger partial charge on any atom is -0.383 e. The van der Waals surface area contributed by atoms with Gasteiger partial charge in [-0.1, -0.05) is 0 Å². The molecule has 112 valence electrons. The van der Waals surface area contributed by atoms with Gasteiger partial charge in [-0.15, -0.1) is 0 Å². The van der Waals surface area contributed by atoms with Crippen molar-refractivity contribution in [2.24, 2.45) is 5.92 Å². The van der Waals surface area contributed by atoms with E-state index in [1.54, 1.807) is 19.4 Å². The quantitative estimate of drug-likeness (QED) is 0.772.